The van der Waals surface area contributed by atoms with Gasteiger partial charge in [-0.1, -0.05) is 20.8 Å². The first-order chi connectivity index (χ1) is 9.50. The highest BCUT2D eigenvalue weighted by atomic mass is 16.7. The van der Waals surface area contributed by atoms with Crippen LogP contribution in [-0.4, -0.2) is 19.4 Å². The van der Waals surface area contributed by atoms with Gasteiger partial charge in [-0.05, 0) is 61.7 Å². The van der Waals surface area contributed by atoms with Crippen LogP contribution >= 0.6 is 0 Å². The van der Waals surface area contributed by atoms with Gasteiger partial charge in [0.1, 0.15) is 0 Å². The zero-order valence-electron chi connectivity index (χ0n) is 13.3. The Hall–Kier alpha value is -0.570. The first kappa shape index (κ1) is 15.8. The summed E-state index contributed by atoms with van der Waals surface area (Å²) < 4.78 is 10.7. The fourth-order valence-electron chi connectivity index (χ4n) is 4.50. The predicted molar refractivity (Wildman–Crippen MR) is 79.2 cm³/mol. The van der Waals surface area contributed by atoms with Crippen molar-refractivity contribution in [3.05, 3.63) is 0 Å². The number of hydrogen-bond donors (Lipinski definition) is 0. The fourth-order valence-corrected chi connectivity index (χ4v) is 4.50. The maximum atomic E-state index is 11.3. The summed E-state index contributed by atoms with van der Waals surface area (Å²) in [6.45, 7) is 7.57. The zero-order chi connectivity index (χ0) is 14.6. The lowest BCUT2D eigenvalue weighted by atomic mass is 9.60. The summed E-state index contributed by atoms with van der Waals surface area (Å²) in [5.41, 5.74) is 0.283. The minimum absolute atomic E-state index is 0.125. The standard InChI is InChI=1S/C17H30O3/c1-4-5-16(18)20-12-19-11-17(3)9-14-6-13(2)7-15(8-14)10-17/h13-15H,4-12H2,1-3H3. The van der Waals surface area contributed by atoms with Crippen LogP contribution in [0.1, 0.15) is 65.7 Å². The zero-order valence-corrected chi connectivity index (χ0v) is 13.3. The molecule has 0 aromatic rings. The Balaban J connectivity index is 1.71. The van der Waals surface area contributed by atoms with E-state index in [2.05, 4.69) is 13.8 Å². The van der Waals surface area contributed by atoms with E-state index in [1.165, 1.54) is 32.1 Å². The molecule has 0 spiro atoms. The third-order valence-electron chi connectivity index (χ3n) is 4.91. The monoisotopic (exact) mass is 282 g/mol. The van der Waals surface area contributed by atoms with Gasteiger partial charge in [-0.15, -0.1) is 0 Å². The molecule has 2 fully saturated rings. The Morgan fingerprint density at radius 2 is 1.85 bits per heavy atom. The molecule has 3 nitrogen and oxygen atoms in total. The van der Waals surface area contributed by atoms with Gasteiger partial charge < -0.3 is 9.47 Å². The van der Waals surface area contributed by atoms with Crippen LogP contribution < -0.4 is 0 Å². The van der Waals surface area contributed by atoms with Gasteiger partial charge in [0.2, 0.25) is 0 Å². The summed E-state index contributed by atoms with van der Waals surface area (Å²) in [7, 11) is 0. The molecule has 0 aromatic carbocycles. The van der Waals surface area contributed by atoms with Gasteiger partial charge in [-0.25, -0.2) is 0 Å². The molecule has 0 saturated heterocycles. The normalized spacial score (nSPS) is 36.6. The topological polar surface area (TPSA) is 35.5 Å². The van der Waals surface area contributed by atoms with Gasteiger partial charge in [0.25, 0.3) is 0 Å². The molecule has 0 aliphatic heterocycles. The van der Waals surface area contributed by atoms with Gasteiger partial charge >= 0.3 is 5.97 Å². The SMILES string of the molecule is CCCC(=O)OCOCC1(C)CC2CC(C)CC(C2)C1. The Morgan fingerprint density at radius 3 is 2.45 bits per heavy atom. The van der Waals surface area contributed by atoms with Crippen LogP contribution in [0.25, 0.3) is 0 Å². The maximum absolute atomic E-state index is 11.3. The average molecular weight is 282 g/mol. The summed E-state index contributed by atoms with van der Waals surface area (Å²) >= 11 is 0. The molecule has 0 aromatic heterocycles. The third-order valence-corrected chi connectivity index (χ3v) is 4.91. The Kier molecular flexibility index (Phi) is 5.48. The van der Waals surface area contributed by atoms with E-state index in [0.717, 1.165) is 30.8 Å². The van der Waals surface area contributed by atoms with Gasteiger partial charge in [0, 0.05) is 6.42 Å². The van der Waals surface area contributed by atoms with Crippen molar-refractivity contribution in [1.29, 1.82) is 0 Å². The quantitative estimate of drug-likeness (QED) is 0.417. The van der Waals surface area contributed by atoms with Crippen molar-refractivity contribution in [2.75, 3.05) is 13.4 Å². The largest absolute Gasteiger partial charge is 0.438 e. The second-order valence-corrected chi connectivity index (χ2v) is 7.50. The van der Waals surface area contributed by atoms with Gasteiger partial charge in [0.05, 0.1) is 6.61 Å². The molecule has 2 aliphatic carbocycles. The molecular weight excluding hydrogens is 252 g/mol. The molecule has 2 atom stereocenters. The molecule has 0 amide bonds. The number of fused-ring (bicyclic) bond motifs is 2. The minimum Gasteiger partial charge on any atom is -0.438 e. The summed E-state index contributed by atoms with van der Waals surface area (Å²) in [6, 6.07) is 0. The molecule has 2 bridgehead atoms. The maximum Gasteiger partial charge on any atom is 0.307 e. The number of hydrogen-bond acceptors (Lipinski definition) is 3. The molecular formula is C17H30O3. The molecule has 2 aliphatic rings. The summed E-state index contributed by atoms with van der Waals surface area (Å²) in [4.78, 5) is 11.3. The van der Waals surface area contributed by atoms with Crippen molar-refractivity contribution < 1.29 is 14.3 Å². The highest BCUT2D eigenvalue weighted by Crippen LogP contribution is 2.50. The molecule has 0 N–H and O–H groups in total. The van der Waals surface area contributed by atoms with Crippen molar-refractivity contribution in [3.63, 3.8) is 0 Å². The predicted octanol–water partition coefficient (Wildman–Crippen LogP) is 4.16. The van der Waals surface area contributed by atoms with E-state index >= 15 is 0 Å². The van der Waals surface area contributed by atoms with Crippen LogP contribution in [0.3, 0.4) is 0 Å². The Morgan fingerprint density at radius 1 is 1.20 bits per heavy atom. The summed E-state index contributed by atoms with van der Waals surface area (Å²) in [5, 5.41) is 0. The summed E-state index contributed by atoms with van der Waals surface area (Å²) in [5.74, 6) is 2.52. The second-order valence-electron chi connectivity index (χ2n) is 7.50. The van der Waals surface area contributed by atoms with Crippen LogP contribution in [0.15, 0.2) is 0 Å². The number of rotatable bonds is 6. The summed E-state index contributed by atoms with van der Waals surface area (Å²) in [6.07, 6.45) is 8.06. The molecule has 2 rings (SSSR count). The van der Waals surface area contributed by atoms with Crippen LogP contribution in [0.5, 0.6) is 0 Å². The average Bonchev–Trinajstić information content (AvgIpc) is 2.33. The van der Waals surface area contributed by atoms with Crippen molar-refractivity contribution in [1.82, 2.24) is 0 Å². The highest BCUT2D eigenvalue weighted by Gasteiger charge is 2.40. The molecule has 116 valence electrons. The third kappa shape index (κ3) is 4.47. The van der Waals surface area contributed by atoms with E-state index in [0.29, 0.717) is 6.42 Å². The van der Waals surface area contributed by atoms with Gasteiger partial charge in [-0.2, -0.15) is 0 Å². The Bertz CT molecular complexity index is 308. The lowest BCUT2D eigenvalue weighted by molar-refractivity contribution is -0.160. The van der Waals surface area contributed by atoms with Gasteiger partial charge in [0.15, 0.2) is 6.79 Å². The van der Waals surface area contributed by atoms with Crippen LogP contribution in [0.2, 0.25) is 0 Å². The lowest BCUT2D eigenvalue weighted by Crippen LogP contribution is -2.39. The van der Waals surface area contributed by atoms with Crippen molar-refractivity contribution in [2.45, 2.75) is 65.7 Å². The van der Waals surface area contributed by atoms with E-state index in [9.17, 15) is 4.79 Å². The first-order valence-electron chi connectivity index (χ1n) is 8.24. The van der Waals surface area contributed by atoms with E-state index in [4.69, 9.17) is 9.47 Å². The molecule has 2 unspecified atom stereocenters. The minimum atomic E-state index is -0.146. The number of carbonyl (C=O) groups excluding carboxylic acids is 1. The van der Waals surface area contributed by atoms with Crippen molar-refractivity contribution in [3.8, 4) is 0 Å². The molecule has 0 radical (unpaired) electrons. The van der Waals surface area contributed by atoms with E-state index in [-0.39, 0.29) is 18.2 Å². The van der Waals surface area contributed by atoms with Crippen LogP contribution in [0, 0.1) is 23.2 Å². The van der Waals surface area contributed by atoms with Crippen molar-refractivity contribution >= 4 is 5.97 Å². The lowest BCUT2D eigenvalue weighted by Gasteiger charge is -2.47. The smallest absolute Gasteiger partial charge is 0.307 e. The molecule has 2 saturated carbocycles. The first-order valence-corrected chi connectivity index (χ1v) is 8.24. The number of esters is 1. The highest BCUT2D eigenvalue weighted by molar-refractivity contribution is 5.69. The van der Waals surface area contributed by atoms with Crippen LogP contribution in [0.4, 0.5) is 0 Å². The number of carbonyl (C=O) groups is 1. The molecule has 20 heavy (non-hydrogen) atoms. The van der Waals surface area contributed by atoms with E-state index < -0.39 is 0 Å². The van der Waals surface area contributed by atoms with Crippen molar-refractivity contribution in [2.24, 2.45) is 23.2 Å². The van der Waals surface area contributed by atoms with E-state index in [1.807, 2.05) is 6.92 Å². The van der Waals surface area contributed by atoms with Gasteiger partial charge in [-0.3, -0.25) is 4.79 Å². The van der Waals surface area contributed by atoms with E-state index in [1.54, 1.807) is 0 Å². The number of ether oxygens (including phenoxy) is 2. The Labute approximate surface area is 123 Å². The molecule has 0 heterocycles. The fraction of sp³-hybridized carbons (Fsp3) is 0.941. The molecule has 3 heteroatoms. The van der Waals surface area contributed by atoms with Crippen LogP contribution in [-0.2, 0) is 14.3 Å². The second kappa shape index (κ2) is 6.93.